The summed E-state index contributed by atoms with van der Waals surface area (Å²) in [6, 6.07) is 0. The molecule has 1 fully saturated rings. The molecule has 1 heterocycles. The quantitative estimate of drug-likeness (QED) is 0.480. The van der Waals surface area contributed by atoms with Crippen LogP contribution in [0.2, 0.25) is 0 Å². The smallest absolute Gasteiger partial charge is 0.309 e. The normalized spacial score (nSPS) is 26.5. The maximum absolute atomic E-state index is 12.7. The Morgan fingerprint density at radius 3 is 2.46 bits per heavy atom. The Morgan fingerprint density at radius 2 is 1.88 bits per heavy atom. The first kappa shape index (κ1) is 21.0. The molecule has 0 aromatic rings. The van der Waals surface area contributed by atoms with Crippen molar-refractivity contribution >= 4 is 23.5 Å². The number of carbonyl (C=O) groups excluding carboxylic acids is 2. The first-order chi connectivity index (χ1) is 11.6. The molecule has 0 N–H and O–H groups in total. The number of rotatable bonds is 6. The van der Waals surface area contributed by atoms with E-state index in [1.807, 2.05) is 45.3 Å². The summed E-state index contributed by atoms with van der Waals surface area (Å²) in [7, 11) is 0. The van der Waals surface area contributed by atoms with Crippen molar-refractivity contribution in [1.29, 1.82) is 0 Å². The van der Waals surface area contributed by atoms with E-state index in [1.165, 1.54) is 5.57 Å². The van der Waals surface area contributed by atoms with Crippen LogP contribution in [0.5, 0.6) is 0 Å². The molecule has 0 bridgehead atoms. The predicted octanol–water partition coefficient (Wildman–Crippen LogP) is 5.31. The van der Waals surface area contributed by atoms with E-state index in [1.54, 1.807) is 11.8 Å². The van der Waals surface area contributed by atoms with Crippen LogP contribution in [0.4, 0.5) is 0 Å². The van der Waals surface area contributed by atoms with Crippen molar-refractivity contribution in [3.05, 3.63) is 23.1 Å². The number of Topliss-reactive ketones (excluding diaryl/α,β-unsaturated/α-hetero) is 1. The average Bonchev–Trinajstić information content (AvgIpc) is 3.17. The van der Waals surface area contributed by atoms with Crippen LogP contribution in [0.1, 0.15) is 66.2 Å². The SMILES string of the molecule is C/C=C(\C)CCOC(=O)C1CCCCC1C(=O)C1CC=CS1.CC. The molecule has 3 atom stereocenters. The zero-order chi connectivity index (χ0) is 17.9. The fourth-order valence-corrected chi connectivity index (χ4v) is 4.07. The monoisotopic (exact) mass is 352 g/mol. The van der Waals surface area contributed by atoms with Gasteiger partial charge in [0.05, 0.1) is 17.8 Å². The molecular formula is C20H32O3S. The Kier molecular flexibility index (Phi) is 10.1. The average molecular weight is 353 g/mol. The minimum absolute atomic E-state index is 0.0173. The third-order valence-corrected chi connectivity index (χ3v) is 5.78. The molecule has 0 aromatic heterocycles. The number of esters is 1. The lowest BCUT2D eigenvalue weighted by molar-refractivity contribution is -0.154. The lowest BCUT2D eigenvalue weighted by Gasteiger charge is -2.30. The van der Waals surface area contributed by atoms with Gasteiger partial charge in [0.25, 0.3) is 0 Å². The standard InChI is InChI=1S/C18H26O3S.C2H6/c1-3-13(2)10-11-21-18(20)15-8-5-4-7-14(15)17(19)16-9-6-12-22-16;1-2/h3,6,12,14-16H,4-5,7-11H2,1-2H3;1-2H3/b13-3+;. The third kappa shape index (κ3) is 6.12. The van der Waals surface area contributed by atoms with Crippen molar-refractivity contribution in [2.75, 3.05) is 6.61 Å². The molecule has 2 aliphatic rings. The lowest BCUT2D eigenvalue weighted by Crippen LogP contribution is -2.37. The van der Waals surface area contributed by atoms with Crippen LogP contribution < -0.4 is 0 Å². The van der Waals surface area contributed by atoms with E-state index in [4.69, 9.17) is 4.74 Å². The summed E-state index contributed by atoms with van der Waals surface area (Å²) >= 11 is 1.59. The molecule has 0 radical (unpaired) electrons. The molecule has 24 heavy (non-hydrogen) atoms. The number of allylic oxidation sites excluding steroid dienone is 2. The van der Waals surface area contributed by atoms with Crippen LogP contribution in [0, 0.1) is 11.8 Å². The van der Waals surface area contributed by atoms with E-state index in [0.717, 1.165) is 38.5 Å². The van der Waals surface area contributed by atoms with E-state index < -0.39 is 0 Å². The highest BCUT2D eigenvalue weighted by Crippen LogP contribution is 2.36. The van der Waals surface area contributed by atoms with Crippen LogP contribution >= 0.6 is 11.8 Å². The van der Waals surface area contributed by atoms with Gasteiger partial charge in [0, 0.05) is 12.3 Å². The van der Waals surface area contributed by atoms with Crippen molar-refractivity contribution in [1.82, 2.24) is 0 Å². The van der Waals surface area contributed by atoms with Gasteiger partial charge in [-0.05, 0) is 38.5 Å². The molecule has 0 spiro atoms. The van der Waals surface area contributed by atoms with Gasteiger partial charge in [-0.1, -0.05) is 44.4 Å². The van der Waals surface area contributed by atoms with Gasteiger partial charge in [-0.2, -0.15) is 0 Å². The zero-order valence-corrected chi connectivity index (χ0v) is 16.4. The van der Waals surface area contributed by atoms with Gasteiger partial charge in [0.1, 0.15) is 5.78 Å². The maximum atomic E-state index is 12.7. The summed E-state index contributed by atoms with van der Waals surface area (Å²) in [6.45, 7) is 8.44. The Balaban J connectivity index is 0.00000139. The third-order valence-electron chi connectivity index (χ3n) is 4.67. The Morgan fingerprint density at radius 1 is 1.21 bits per heavy atom. The van der Waals surface area contributed by atoms with Crippen LogP contribution in [0.15, 0.2) is 23.1 Å². The van der Waals surface area contributed by atoms with Crippen molar-refractivity contribution in [3.63, 3.8) is 0 Å². The number of carbonyl (C=O) groups is 2. The second-order valence-electron chi connectivity index (χ2n) is 6.18. The summed E-state index contributed by atoms with van der Waals surface area (Å²) in [5, 5.41) is 2.02. The topological polar surface area (TPSA) is 43.4 Å². The number of thioether (sulfide) groups is 1. The van der Waals surface area contributed by atoms with Crippen LogP contribution in [0.3, 0.4) is 0 Å². The van der Waals surface area contributed by atoms with Gasteiger partial charge in [0.2, 0.25) is 0 Å². The summed E-state index contributed by atoms with van der Waals surface area (Å²) < 4.78 is 5.44. The molecule has 1 aliphatic carbocycles. The van der Waals surface area contributed by atoms with Crippen molar-refractivity contribution in [2.24, 2.45) is 11.8 Å². The minimum Gasteiger partial charge on any atom is -0.465 e. The maximum Gasteiger partial charge on any atom is 0.309 e. The Hall–Kier alpha value is -1.03. The molecule has 0 amide bonds. The highest BCUT2D eigenvalue weighted by molar-refractivity contribution is 8.03. The van der Waals surface area contributed by atoms with Gasteiger partial charge in [-0.3, -0.25) is 9.59 Å². The van der Waals surface area contributed by atoms with E-state index in [-0.39, 0.29) is 28.8 Å². The molecule has 1 aliphatic heterocycles. The van der Waals surface area contributed by atoms with Crippen LogP contribution in [-0.4, -0.2) is 23.6 Å². The highest BCUT2D eigenvalue weighted by Gasteiger charge is 2.39. The van der Waals surface area contributed by atoms with Gasteiger partial charge < -0.3 is 4.74 Å². The van der Waals surface area contributed by atoms with E-state index >= 15 is 0 Å². The Bertz CT molecular complexity index is 460. The van der Waals surface area contributed by atoms with E-state index in [9.17, 15) is 9.59 Å². The van der Waals surface area contributed by atoms with Crippen molar-refractivity contribution < 1.29 is 14.3 Å². The zero-order valence-electron chi connectivity index (χ0n) is 15.5. The number of hydrogen-bond acceptors (Lipinski definition) is 4. The van der Waals surface area contributed by atoms with E-state index in [0.29, 0.717) is 6.61 Å². The Labute approximate surface area is 151 Å². The summed E-state index contributed by atoms with van der Waals surface area (Å²) in [4.78, 5) is 25.0. The van der Waals surface area contributed by atoms with Crippen LogP contribution in [0.25, 0.3) is 0 Å². The number of hydrogen-bond donors (Lipinski definition) is 0. The number of ketones is 1. The fourth-order valence-electron chi connectivity index (χ4n) is 3.12. The summed E-state index contributed by atoms with van der Waals surface area (Å²) in [5.41, 5.74) is 1.22. The fraction of sp³-hybridized carbons (Fsp3) is 0.700. The van der Waals surface area contributed by atoms with Crippen LogP contribution in [-0.2, 0) is 14.3 Å². The molecule has 2 rings (SSSR count). The molecule has 3 nitrogen and oxygen atoms in total. The first-order valence-corrected chi connectivity index (χ1v) is 10.2. The predicted molar refractivity (Wildman–Crippen MR) is 102 cm³/mol. The molecule has 4 heteroatoms. The second kappa shape index (κ2) is 11.5. The van der Waals surface area contributed by atoms with Crippen molar-refractivity contribution in [3.8, 4) is 0 Å². The first-order valence-electron chi connectivity index (χ1n) is 9.26. The molecule has 3 unspecified atom stereocenters. The van der Waals surface area contributed by atoms with Gasteiger partial charge >= 0.3 is 5.97 Å². The molecule has 0 saturated heterocycles. The molecule has 0 aromatic carbocycles. The number of ether oxygens (including phenoxy) is 1. The molecule has 136 valence electrons. The van der Waals surface area contributed by atoms with Crippen molar-refractivity contribution in [2.45, 2.75) is 71.5 Å². The minimum atomic E-state index is -0.228. The van der Waals surface area contributed by atoms with E-state index in [2.05, 4.69) is 0 Å². The second-order valence-corrected chi connectivity index (χ2v) is 7.30. The summed E-state index contributed by atoms with van der Waals surface area (Å²) in [5.74, 6) is -0.283. The lowest BCUT2D eigenvalue weighted by atomic mass is 9.76. The van der Waals surface area contributed by atoms with Gasteiger partial charge in [-0.25, -0.2) is 0 Å². The highest BCUT2D eigenvalue weighted by atomic mass is 32.2. The summed E-state index contributed by atoms with van der Waals surface area (Å²) in [6.07, 6.45) is 9.36. The molecule has 1 saturated carbocycles. The van der Waals surface area contributed by atoms with Gasteiger partial charge in [-0.15, -0.1) is 11.8 Å². The molecular weight excluding hydrogens is 320 g/mol. The van der Waals surface area contributed by atoms with Gasteiger partial charge in [0.15, 0.2) is 0 Å². The largest absolute Gasteiger partial charge is 0.465 e.